The van der Waals surface area contributed by atoms with Gasteiger partial charge in [0.25, 0.3) is 10.0 Å². The van der Waals surface area contributed by atoms with Gasteiger partial charge in [0, 0.05) is 18.2 Å². The summed E-state index contributed by atoms with van der Waals surface area (Å²) in [6.07, 6.45) is 1.45. The lowest BCUT2D eigenvalue weighted by Crippen LogP contribution is -2.13. The third-order valence-corrected chi connectivity index (χ3v) is 4.65. The lowest BCUT2D eigenvalue weighted by molar-refractivity contribution is 0.414. The highest BCUT2D eigenvalue weighted by molar-refractivity contribution is 7.92. The molecule has 120 valence electrons. The fraction of sp³-hybridized carbons (Fsp3) is 0.133. The van der Waals surface area contributed by atoms with Crippen molar-refractivity contribution < 1.29 is 22.1 Å². The maximum Gasteiger partial charge on any atom is 0.265 e. The lowest BCUT2D eigenvalue weighted by atomic mass is 10.3. The zero-order chi connectivity index (χ0) is 16.4. The van der Waals surface area contributed by atoms with Gasteiger partial charge in [0.1, 0.15) is 16.4 Å². The van der Waals surface area contributed by atoms with Gasteiger partial charge >= 0.3 is 0 Å². The molecule has 0 unspecified atom stereocenters. The van der Waals surface area contributed by atoms with Crippen LogP contribution in [0.25, 0.3) is 11.5 Å². The molecule has 0 aliphatic heterocycles. The average Bonchev–Trinajstić information content (AvgIpc) is 3.16. The van der Waals surface area contributed by atoms with Gasteiger partial charge in [-0.25, -0.2) is 8.42 Å². The molecule has 2 heterocycles. The Morgan fingerprint density at radius 1 is 1.17 bits per heavy atom. The number of rotatable bonds is 5. The Morgan fingerprint density at radius 2 is 2.00 bits per heavy atom. The van der Waals surface area contributed by atoms with Crippen LogP contribution < -0.4 is 9.46 Å². The third-order valence-electron chi connectivity index (χ3n) is 3.16. The maximum atomic E-state index is 12.5. The van der Waals surface area contributed by atoms with Crippen LogP contribution in [0.1, 0.15) is 5.76 Å². The first kappa shape index (κ1) is 15.2. The van der Waals surface area contributed by atoms with Gasteiger partial charge in [0.05, 0.1) is 19.0 Å². The summed E-state index contributed by atoms with van der Waals surface area (Å²) in [6, 6.07) is 9.63. The summed E-state index contributed by atoms with van der Waals surface area (Å²) in [5.41, 5.74) is 0.395. The van der Waals surface area contributed by atoms with Crippen LogP contribution in [0.5, 0.6) is 5.75 Å². The fourth-order valence-electron chi connectivity index (χ4n) is 2.09. The van der Waals surface area contributed by atoms with Crippen LogP contribution in [0.4, 0.5) is 5.69 Å². The molecule has 0 fully saturated rings. The highest BCUT2D eigenvalue weighted by atomic mass is 32.2. The molecule has 1 aromatic carbocycles. The van der Waals surface area contributed by atoms with E-state index >= 15 is 0 Å². The molecule has 0 spiro atoms. The molecule has 23 heavy (non-hydrogen) atoms. The largest absolute Gasteiger partial charge is 0.497 e. The van der Waals surface area contributed by atoms with Crippen molar-refractivity contribution in [2.75, 3.05) is 11.8 Å². The second-order valence-corrected chi connectivity index (χ2v) is 6.40. The lowest BCUT2D eigenvalue weighted by Gasteiger charge is -2.08. The highest BCUT2D eigenvalue weighted by Gasteiger charge is 2.23. The number of anilines is 1. The standard InChI is InChI=1S/C15H14N2O5S/c1-10-15(9-14(21-10)13-6-7-16-22-13)23(18,19)17-11-4-3-5-12(8-11)20-2/h3-9,17H,1-2H3. The number of ether oxygens (including phenoxy) is 1. The van der Waals surface area contributed by atoms with Crippen LogP contribution in [-0.2, 0) is 10.0 Å². The number of nitrogens with zero attached hydrogens (tertiary/aromatic N) is 1. The predicted octanol–water partition coefficient (Wildman–Crippen LogP) is 3.05. The normalized spacial score (nSPS) is 11.4. The summed E-state index contributed by atoms with van der Waals surface area (Å²) in [5.74, 6) is 1.46. The van der Waals surface area contributed by atoms with Crippen molar-refractivity contribution in [3.63, 3.8) is 0 Å². The van der Waals surface area contributed by atoms with Gasteiger partial charge in [-0.3, -0.25) is 4.72 Å². The Balaban J connectivity index is 1.93. The number of hydrogen-bond acceptors (Lipinski definition) is 6. The molecular weight excluding hydrogens is 320 g/mol. The topological polar surface area (TPSA) is 94.6 Å². The minimum atomic E-state index is -3.80. The van der Waals surface area contributed by atoms with E-state index in [9.17, 15) is 8.42 Å². The molecule has 0 saturated heterocycles. The van der Waals surface area contributed by atoms with Gasteiger partial charge < -0.3 is 13.7 Å². The number of aromatic nitrogens is 1. The van der Waals surface area contributed by atoms with E-state index in [1.54, 1.807) is 37.3 Å². The van der Waals surface area contributed by atoms with E-state index in [0.717, 1.165) is 0 Å². The molecule has 1 N–H and O–H groups in total. The molecule has 0 radical (unpaired) electrons. The van der Waals surface area contributed by atoms with Crippen LogP contribution in [0.3, 0.4) is 0 Å². The Bertz CT molecular complexity index is 913. The molecule has 3 aromatic rings. The van der Waals surface area contributed by atoms with Crippen molar-refractivity contribution in [1.29, 1.82) is 0 Å². The summed E-state index contributed by atoms with van der Waals surface area (Å²) >= 11 is 0. The van der Waals surface area contributed by atoms with Crippen molar-refractivity contribution in [3.8, 4) is 17.3 Å². The summed E-state index contributed by atoms with van der Waals surface area (Å²) in [7, 11) is -2.29. The van der Waals surface area contributed by atoms with E-state index in [4.69, 9.17) is 13.7 Å². The van der Waals surface area contributed by atoms with Crippen LogP contribution in [-0.4, -0.2) is 20.7 Å². The van der Waals surface area contributed by atoms with Gasteiger partial charge in [0.2, 0.25) is 5.76 Å². The van der Waals surface area contributed by atoms with E-state index in [1.165, 1.54) is 19.4 Å². The van der Waals surface area contributed by atoms with Crippen LogP contribution in [0.2, 0.25) is 0 Å². The van der Waals surface area contributed by atoms with E-state index in [0.29, 0.717) is 23.0 Å². The second-order valence-electron chi connectivity index (χ2n) is 4.75. The predicted molar refractivity (Wildman–Crippen MR) is 82.7 cm³/mol. The van der Waals surface area contributed by atoms with Crippen molar-refractivity contribution in [2.24, 2.45) is 0 Å². The Labute approximate surface area is 132 Å². The van der Waals surface area contributed by atoms with Crippen molar-refractivity contribution in [3.05, 3.63) is 48.4 Å². The van der Waals surface area contributed by atoms with Crippen molar-refractivity contribution in [1.82, 2.24) is 5.16 Å². The Kier molecular flexibility index (Phi) is 3.83. The highest BCUT2D eigenvalue weighted by Crippen LogP contribution is 2.29. The van der Waals surface area contributed by atoms with Gasteiger partial charge in [-0.15, -0.1) is 0 Å². The summed E-state index contributed by atoms with van der Waals surface area (Å²) in [4.78, 5) is 0.0340. The zero-order valence-corrected chi connectivity index (χ0v) is 13.3. The molecule has 0 aliphatic rings. The van der Waals surface area contributed by atoms with E-state index < -0.39 is 10.0 Å². The number of furan rings is 1. The second kappa shape index (κ2) is 5.81. The van der Waals surface area contributed by atoms with Gasteiger partial charge in [-0.2, -0.15) is 0 Å². The molecule has 0 bridgehead atoms. The number of nitrogens with one attached hydrogen (secondary N) is 1. The van der Waals surface area contributed by atoms with Gasteiger partial charge in [-0.05, 0) is 19.1 Å². The van der Waals surface area contributed by atoms with E-state index in [-0.39, 0.29) is 10.7 Å². The molecule has 3 rings (SSSR count). The number of hydrogen-bond donors (Lipinski definition) is 1. The molecular formula is C15H14N2O5S. The number of methoxy groups -OCH3 is 1. The molecule has 7 nitrogen and oxygen atoms in total. The smallest absolute Gasteiger partial charge is 0.265 e. The van der Waals surface area contributed by atoms with Crippen molar-refractivity contribution in [2.45, 2.75) is 11.8 Å². The Hall–Kier alpha value is -2.74. The molecule has 0 amide bonds. The van der Waals surface area contributed by atoms with E-state index in [1.807, 2.05) is 0 Å². The molecule has 0 saturated carbocycles. The monoisotopic (exact) mass is 334 g/mol. The average molecular weight is 334 g/mol. The van der Waals surface area contributed by atoms with Crippen molar-refractivity contribution >= 4 is 15.7 Å². The molecule has 0 aliphatic carbocycles. The zero-order valence-electron chi connectivity index (χ0n) is 12.4. The first-order valence-electron chi connectivity index (χ1n) is 6.68. The Morgan fingerprint density at radius 3 is 2.70 bits per heavy atom. The van der Waals surface area contributed by atoms with Crippen LogP contribution >= 0.6 is 0 Å². The van der Waals surface area contributed by atoms with Gasteiger partial charge in [0.15, 0.2) is 5.76 Å². The molecule has 0 atom stereocenters. The fourth-order valence-corrected chi connectivity index (χ4v) is 3.32. The molecule has 8 heteroatoms. The quantitative estimate of drug-likeness (QED) is 0.770. The number of aryl methyl sites for hydroxylation is 1. The SMILES string of the molecule is COc1cccc(NS(=O)(=O)c2cc(-c3ccno3)oc2C)c1. The first-order valence-corrected chi connectivity index (χ1v) is 8.16. The summed E-state index contributed by atoms with van der Waals surface area (Å²) in [6.45, 7) is 1.57. The van der Waals surface area contributed by atoms with Crippen LogP contribution in [0, 0.1) is 6.92 Å². The molecule has 2 aromatic heterocycles. The maximum absolute atomic E-state index is 12.5. The minimum Gasteiger partial charge on any atom is -0.497 e. The number of sulfonamides is 1. The van der Waals surface area contributed by atoms with Crippen LogP contribution in [0.15, 0.2) is 56.4 Å². The minimum absolute atomic E-state index is 0.0340. The first-order chi connectivity index (χ1) is 11.0. The summed E-state index contributed by atoms with van der Waals surface area (Å²) < 4.78 is 43.1. The van der Waals surface area contributed by atoms with E-state index in [2.05, 4.69) is 9.88 Å². The number of benzene rings is 1. The summed E-state index contributed by atoms with van der Waals surface area (Å²) in [5, 5.41) is 3.57. The van der Waals surface area contributed by atoms with Gasteiger partial charge in [-0.1, -0.05) is 11.2 Å². The third kappa shape index (κ3) is 3.07.